The van der Waals surface area contributed by atoms with E-state index in [9.17, 15) is 15.0 Å². The molecule has 2 heterocycles. The second-order valence-electron chi connectivity index (χ2n) is 7.49. The summed E-state index contributed by atoms with van der Waals surface area (Å²) in [5, 5.41) is 19.7. The number of aromatic amines is 1. The van der Waals surface area contributed by atoms with E-state index in [1.54, 1.807) is 6.07 Å². The minimum atomic E-state index is 0.00965. The van der Waals surface area contributed by atoms with Crippen LogP contribution in [0.25, 0.3) is 0 Å². The molecule has 1 fully saturated rings. The quantitative estimate of drug-likeness (QED) is 0.737. The summed E-state index contributed by atoms with van der Waals surface area (Å²) in [5.74, 6) is 1.53. The number of H-pyrrole nitrogens is 1. The standard InChI is InChI=1S/C20H25N3O3/c24-15-6-7-18(25)14(10-15)11-23-9-8-16-17(12-23)21-19(22-20(16)26)13-4-2-1-3-5-13/h6-7,10,13,24-25H,1-5,8-9,11-12H2,(H,21,22,26). The van der Waals surface area contributed by atoms with Crippen molar-refractivity contribution in [3.05, 3.63) is 51.2 Å². The highest BCUT2D eigenvalue weighted by atomic mass is 16.3. The van der Waals surface area contributed by atoms with E-state index < -0.39 is 0 Å². The summed E-state index contributed by atoms with van der Waals surface area (Å²) in [4.78, 5) is 22.5. The monoisotopic (exact) mass is 355 g/mol. The average Bonchev–Trinajstić information content (AvgIpc) is 2.65. The number of phenols is 2. The SMILES string of the molecule is O=c1[nH]c(C2CCCCC2)nc2c1CCN(Cc1cc(O)ccc1O)C2. The van der Waals surface area contributed by atoms with E-state index in [2.05, 4.69) is 9.88 Å². The van der Waals surface area contributed by atoms with Crippen LogP contribution in [0.3, 0.4) is 0 Å². The Kier molecular flexibility index (Phi) is 4.68. The van der Waals surface area contributed by atoms with Crippen LogP contribution in [-0.2, 0) is 19.5 Å². The van der Waals surface area contributed by atoms with Gasteiger partial charge in [0.25, 0.3) is 5.56 Å². The number of aromatic hydroxyl groups is 2. The van der Waals surface area contributed by atoms with Gasteiger partial charge in [-0.15, -0.1) is 0 Å². The number of rotatable bonds is 3. The van der Waals surface area contributed by atoms with Crippen molar-refractivity contribution in [3.63, 3.8) is 0 Å². The van der Waals surface area contributed by atoms with Gasteiger partial charge in [0.1, 0.15) is 17.3 Å². The zero-order valence-corrected chi connectivity index (χ0v) is 14.9. The summed E-state index contributed by atoms with van der Waals surface area (Å²) in [7, 11) is 0. The Labute approximate surface area is 152 Å². The molecule has 1 aliphatic heterocycles. The molecular formula is C20H25N3O3. The smallest absolute Gasteiger partial charge is 0.254 e. The van der Waals surface area contributed by atoms with Crippen molar-refractivity contribution in [2.45, 2.75) is 57.5 Å². The number of aromatic nitrogens is 2. The van der Waals surface area contributed by atoms with Crippen molar-refractivity contribution >= 4 is 0 Å². The van der Waals surface area contributed by atoms with E-state index in [0.717, 1.165) is 36.5 Å². The van der Waals surface area contributed by atoms with Gasteiger partial charge in [-0.1, -0.05) is 19.3 Å². The van der Waals surface area contributed by atoms with Crippen LogP contribution >= 0.6 is 0 Å². The zero-order chi connectivity index (χ0) is 18.1. The summed E-state index contributed by atoms with van der Waals surface area (Å²) in [6.07, 6.45) is 6.53. The molecule has 0 atom stereocenters. The van der Waals surface area contributed by atoms with Crippen molar-refractivity contribution in [2.24, 2.45) is 0 Å². The van der Waals surface area contributed by atoms with E-state index in [1.807, 2.05) is 0 Å². The lowest BCUT2D eigenvalue weighted by Gasteiger charge is -2.29. The van der Waals surface area contributed by atoms with Gasteiger partial charge in [0.15, 0.2) is 0 Å². The van der Waals surface area contributed by atoms with E-state index in [4.69, 9.17) is 4.98 Å². The second kappa shape index (κ2) is 7.11. The molecule has 6 nitrogen and oxygen atoms in total. The molecule has 0 saturated heterocycles. The summed E-state index contributed by atoms with van der Waals surface area (Å²) >= 11 is 0. The number of fused-ring (bicyclic) bond motifs is 1. The second-order valence-corrected chi connectivity index (χ2v) is 7.49. The molecule has 2 aromatic rings. The van der Waals surface area contributed by atoms with Crippen molar-refractivity contribution < 1.29 is 10.2 Å². The highest BCUT2D eigenvalue weighted by molar-refractivity contribution is 5.38. The van der Waals surface area contributed by atoms with Gasteiger partial charge in [0, 0.05) is 36.7 Å². The number of benzene rings is 1. The third kappa shape index (κ3) is 3.46. The Balaban J connectivity index is 1.56. The predicted octanol–water partition coefficient (Wildman–Crippen LogP) is 2.79. The number of phenolic OH excluding ortho intramolecular Hbond substituents is 2. The number of nitrogens with zero attached hydrogens (tertiary/aromatic N) is 2. The molecular weight excluding hydrogens is 330 g/mol. The topological polar surface area (TPSA) is 89.5 Å². The molecule has 1 aromatic heterocycles. The Hall–Kier alpha value is -2.34. The highest BCUT2D eigenvalue weighted by Gasteiger charge is 2.25. The van der Waals surface area contributed by atoms with Gasteiger partial charge >= 0.3 is 0 Å². The number of hydrogen-bond donors (Lipinski definition) is 3. The van der Waals surface area contributed by atoms with Gasteiger partial charge in [-0.25, -0.2) is 4.98 Å². The van der Waals surface area contributed by atoms with Gasteiger partial charge in [-0.05, 0) is 37.5 Å². The summed E-state index contributed by atoms with van der Waals surface area (Å²) in [5.41, 5.74) is 2.35. The first kappa shape index (κ1) is 17.1. The lowest BCUT2D eigenvalue weighted by Crippen LogP contribution is -2.35. The van der Waals surface area contributed by atoms with Crippen LogP contribution in [0.1, 0.15) is 60.7 Å². The summed E-state index contributed by atoms with van der Waals surface area (Å²) in [6, 6.07) is 4.57. The molecule has 1 saturated carbocycles. The molecule has 4 rings (SSSR count). The Morgan fingerprint density at radius 1 is 1.19 bits per heavy atom. The molecule has 6 heteroatoms. The Morgan fingerprint density at radius 3 is 2.81 bits per heavy atom. The molecule has 0 radical (unpaired) electrons. The molecule has 2 aliphatic rings. The molecule has 138 valence electrons. The van der Waals surface area contributed by atoms with E-state index in [0.29, 0.717) is 31.0 Å². The van der Waals surface area contributed by atoms with Gasteiger partial charge in [-0.3, -0.25) is 9.69 Å². The Bertz CT molecular complexity index is 856. The molecule has 26 heavy (non-hydrogen) atoms. The van der Waals surface area contributed by atoms with Gasteiger partial charge < -0.3 is 15.2 Å². The van der Waals surface area contributed by atoms with E-state index >= 15 is 0 Å². The van der Waals surface area contributed by atoms with Crippen molar-refractivity contribution in [1.29, 1.82) is 0 Å². The van der Waals surface area contributed by atoms with Crippen LogP contribution in [0.2, 0.25) is 0 Å². The molecule has 1 aromatic carbocycles. The van der Waals surface area contributed by atoms with Crippen molar-refractivity contribution in [2.75, 3.05) is 6.54 Å². The first-order valence-corrected chi connectivity index (χ1v) is 9.45. The molecule has 0 bridgehead atoms. The van der Waals surface area contributed by atoms with Crippen molar-refractivity contribution in [1.82, 2.24) is 14.9 Å². The van der Waals surface area contributed by atoms with Crippen LogP contribution in [-0.4, -0.2) is 31.6 Å². The molecule has 3 N–H and O–H groups in total. The maximum absolute atomic E-state index is 12.5. The zero-order valence-electron chi connectivity index (χ0n) is 14.9. The minimum Gasteiger partial charge on any atom is -0.508 e. The maximum Gasteiger partial charge on any atom is 0.254 e. The van der Waals surface area contributed by atoms with Crippen LogP contribution in [0.4, 0.5) is 0 Å². The van der Waals surface area contributed by atoms with Crippen LogP contribution in [0.5, 0.6) is 11.5 Å². The van der Waals surface area contributed by atoms with Crippen molar-refractivity contribution in [3.8, 4) is 11.5 Å². The van der Waals surface area contributed by atoms with Crippen LogP contribution in [0.15, 0.2) is 23.0 Å². The molecule has 0 spiro atoms. The lowest BCUT2D eigenvalue weighted by molar-refractivity contribution is 0.236. The average molecular weight is 355 g/mol. The fraction of sp³-hybridized carbons (Fsp3) is 0.500. The fourth-order valence-electron chi connectivity index (χ4n) is 4.16. The van der Waals surface area contributed by atoms with Gasteiger partial charge in [0.2, 0.25) is 0 Å². The largest absolute Gasteiger partial charge is 0.508 e. The van der Waals surface area contributed by atoms with Gasteiger partial charge in [0.05, 0.1) is 5.69 Å². The molecule has 0 amide bonds. The van der Waals surface area contributed by atoms with Crippen LogP contribution in [0, 0.1) is 0 Å². The van der Waals surface area contributed by atoms with Gasteiger partial charge in [-0.2, -0.15) is 0 Å². The highest BCUT2D eigenvalue weighted by Crippen LogP contribution is 2.31. The first-order valence-electron chi connectivity index (χ1n) is 9.45. The number of hydrogen-bond acceptors (Lipinski definition) is 5. The minimum absolute atomic E-state index is 0.00965. The summed E-state index contributed by atoms with van der Waals surface area (Å²) in [6.45, 7) is 1.84. The fourth-order valence-corrected chi connectivity index (χ4v) is 4.16. The van der Waals surface area contributed by atoms with Crippen LogP contribution < -0.4 is 5.56 Å². The lowest BCUT2D eigenvalue weighted by atomic mass is 9.88. The third-order valence-corrected chi connectivity index (χ3v) is 5.62. The molecule has 1 aliphatic carbocycles. The summed E-state index contributed by atoms with van der Waals surface area (Å²) < 4.78 is 0. The number of nitrogens with one attached hydrogen (secondary N) is 1. The predicted molar refractivity (Wildman–Crippen MR) is 98.3 cm³/mol. The normalized spacial score (nSPS) is 18.6. The van der Waals surface area contributed by atoms with E-state index in [1.165, 1.54) is 31.4 Å². The molecule has 0 unspecified atom stereocenters. The van der Waals surface area contributed by atoms with E-state index in [-0.39, 0.29) is 17.1 Å². The first-order chi connectivity index (χ1) is 12.6. The third-order valence-electron chi connectivity index (χ3n) is 5.62. The maximum atomic E-state index is 12.5. The Morgan fingerprint density at radius 2 is 2.00 bits per heavy atom.